The lowest BCUT2D eigenvalue weighted by atomic mass is 10.0. The molecule has 0 aliphatic heterocycles. The maximum absolute atomic E-state index is 10.8. The number of carbonyl (C=O) groups is 1. The van der Waals surface area contributed by atoms with Crippen LogP contribution in [0.3, 0.4) is 0 Å². The van der Waals surface area contributed by atoms with Crippen molar-refractivity contribution in [3.8, 4) is 0 Å². The Kier molecular flexibility index (Phi) is 3.94. The molecule has 86 valence electrons. The summed E-state index contributed by atoms with van der Waals surface area (Å²) in [5, 5.41) is -0.106. The third-order valence-electron chi connectivity index (χ3n) is 2.51. The van der Waals surface area contributed by atoms with E-state index >= 15 is 0 Å². The van der Waals surface area contributed by atoms with E-state index in [9.17, 15) is 4.79 Å². The first kappa shape index (κ1) is 11.9. The number of hydrogen-bond donors (Lipinski definition) is 1. The first-order valence-corrected chi connectivity index (χ1v) is 5.87. The van der Waals surface area contributed by atoms with Crippen molar-refractivity contribution in [1.82, 2.24) is 4.98 Å². The van der Waals surface area contributed by atoms with Gasteiger partial charge in [0.2, 0.25) is 0 Å². The van der Waals surface area contributed by atoms with Crippen LogP contribution in [0.2, 0.25) is 0 Å². The number of benzene rings is 1. The average molecular weight is 243 g/mol. The standard InChI is InChI=1S/C14H13NOS/c16-14(17)9-12-5-3-11(4-6-12)8-13-2-1-7-15-10-13/h1-7,10H,8-9H2,(H,16,17). The van der Waals surface area contributed by atoms with Crippen molar-refractivity contribution in [2.45, 2.75) is 12.8 Å². The molecule has 0 fully saturated rings. The fourth-order valence-corrected chi connectivity index (χ4v) is 1.87. The Bertz CT molecular complexity index is 493. The van der Waals surface area contributed by atoms with E-state index in [0.717, 1.165) is 12.0 Å². The van der Waals surface area contributed by atoms with Gasteiger partial charge in [-0.05, 0) is 29.2 Å². The number of pyridine rings is 1. The Morgan fingerprint density at radius 1 is 1.06 bits per heavy atom. The summed E-state index contributed by atoms with van der Waals surface area (Å²) in [5.74, 6) is 0. The number of nitrogens with zero attached hydrogens (tertiary/aromatic N) is 1. The van der Waals surface area contributed by atoms with Crippen LogP contribution in [0.15, 0.2) is 48.8 Å². The second-order valence-corrected chi connectivity index (χ2v) is 4.42. The number of hydrogen-bond acceptors (Lipinski definition) is 2. The fourth-order valence-electron chi connectivity index (χ4n) is 1.69. The van der Waals surface area contributed by atoms with Crippen molar-refractivity contribution in [3.05, 3.63) is 65.5 Å². The van der Waals surface area contributed by atoms with Gasteiger partial charge in [-0.15, -0.1) is 12.6 Å². The summed E-state index contributed by atoms with van der Waals surface area (Å²) < 4.78 is 0. The molecular weight excluding hydrogens is 230 g/mol. The van der Waals surface area contributed by atoms with E-state index in [-0.39, 0.29) is 5.12 Å². The highest BCUT2D eigenvalue weighted by Gasteiger charge is 1.99. The van der Waals surface area contributed by atoms with Gasteiger partial charge in [0.15, 0.2) is 5.12 Å². The van der Waals surface area contributed by atoms with Gasteiger partial charge >= 0.3 is 0 Å². The molecule has 0 aliphatic rings. The van der Waals surface area contributed by atoms with Crippen molar-refractivity contribution < 1.29 is 4.79 Å². The third-order valence-corrected chi connectivity index (χ3v) is 2.67. The second-order valence-electron chi connectivity index (χ2n) is 3.93. The van der Waals surface area contributed by atoms with E-state index in [4.69, 9.17) is 0 Å². The third kappa shape index (κ3) is 3.71. The molecule has 0 saturated heterocycles. The second kappa shape index (κ2) is 5.64. The summed E-state index contributed by atoms with van der Waals surface area (Å²) in [6, 6.07) is 12.0. The minimum Gasteiger partial charge on any atom is -0.287 e. The van der Waals surface area contributed by atoms with Crippen molar-refractivity contribution in [2.24, 2.45) is 0 Å². The van der Waals surface area contributed by atoms with Crippen molar-refractivity contribution >= 4 is 17.7 Å². The van der Waals surface area contributed by atoms with Crippen molar-refractivity contribution in [3.63, 3.8) is 0 Å². The molecule has 0 amide bonds. The molecule has 2 aromatic rings. The Morgan fingerprint density at radius 3 is 2.35 bits per heavy atom. The summed E-state index contributed by atoms with van der Waals surface area (Å²) in [4.78, 5) is 14.9. The van der Waals surface area contributed by atoms with Crippen LogP contribution >= 0.6 is 12.6 Å². The lowest BCUT2D eigenvalue weighted by Gasteiger charge is -2.03. The molecule has 0 radical (unpaired) electrons. The van der Waals surface area contributed by atoms with Gasteiger partial charge in [0.1, 0.15) is 0 Å². The van der Waals surface area contributed by atoms with Gasteiger partial charge in [0.05, 0.1) is 0 Å². The molecule has 0 atom stereocenters. The minimum absolute atomic E-state index is 0.106. The highest BCUT2D eigenvalue weighted by atomic mass is 32.1. The van der Waals surface area contributed by atoms with E-state index in [1.807, 2.05) is 36.5 Å². The van der Waals surface area contributed by atoms with Crippen LogP contribution in [-0.2, 0) is 17.6 Å². The highest BCUT2D eigenvalue weighted by molar-refractivity contribution is 7.96. The molecule has 1 heterocycles. The van der Waals surface area contributed by atoms with Gasteiger partial charge in [0.25, 0.3) is 0 Å². The zero-order valence-corrected chi connectivity index (χ0v) is 10.2. The molecule has 1 aromatic carbocycles. The van der Waals surface area contributed by atoms with Crippen LogP contribution in [0.5, 0.6) is 0 Å². The lowest BCUT2D eigenvalue weighted by molar-refractivity contribution is -0.110. The van der Waals surface area contributed by atoms with E-state index in [1.54, 1.807) is 6.20 Å². The minimum atomic E-state index is -0.106. The first-order chi connectivity index (χ1) is 8.24. The smallest absolute Gasteiger partial charge is 0.190 e. The first-order valence-electron chi connectivity index (χ1n) is 5.42. The molecule has 1 aromatic heterocycles. The normalized spacial score (nSPS) is 10.2. The van der Waals surface area contributed by atoms with Gasteiger partial charge < -0.3 is 0 Å². The number of aromatic nitrogens is 1. The maximum atomic E-state index is 10.8. The van der Waals surface area contributed by atoms with Gasteiger partial charge in [-0.25, -0.2) is 0 Å². The van der Waals surface area contributed by atoms with Crippen LogP contribution < -0.4 is 0 Å². The van der Waals surface area contributed by atoms with Crippen LogP contribution in [0.4, 0.5) is 0 Å². The van der Waals surface area contributed by atoms with Crippen molar-refractivity contribution in [2.75, 3.05) is 0 Å². The van der Waals surface area contributed by atoms with Crippen LogP contribution in [0, 0.1) is 0 Å². The molecule has 0 spiro atoms. The zero-order valence-electron chi connectivity index (χ0n) is 9.34. The molecule has 3 heteroatoms. The fraction of sp³-hybridized carbons (Fsp3) is 0.143. The van der Waals surface area contributed by atoms with E-state index < -0.39 is 0 Å². The van der Waals surface area contributed by atoms with Crippen LogP contribution in [-0.4, -0.2) is 10.1 Å². The topological polar surface area (TPSA) is 30.0 Å². The van der Waals surface area contributed by atoms with E-state index in [0.29, 0.717) is 6.42 Å². The summed E-state index contributed by atoms with van der Waals surface area (Å²) >= 11 is 3.77. The Morgan fingerprint density at radius 2 is 1.76 bits per heavy atom. The molecule has 0 bridgehead atoms. The van der Waals surface area contributed by atoms with Gasteiger partial charge in [0, 0.05) is 18.8 Å². The SMILES string of the molecule is O=C(S)Cc1ccc(Cc2cccnc2)cc1. The molecule has 0 aliphatic carbocycles. The Labute approximate surface area is 106 Å². The summed E-state index contributed by atoms with van der Waals surface area (Å²) in [5.41, 5.74) is 3.40. The van der Waals surface area contributed by atoms with Crippen molar-refractivity contribution in [1.29, 1.82) is 0 Å². The quantitative estimate of drug-likeness (QED) is 0.837. The lowest BCUT2D eigenvalue weighted by Crippen LogP contribution is -1.94. The molecule has 2 nitrogen and oxygen atoms in total. The van der Waals surface area contributed by atoms with Crippen LogP contribution in [0.25, 0.3) is 0 Å². The average Bonchev–Trinajstić information content (AvgIpc) is 2.32. The summed E-state index contributed by atoms with van der Waals surface area (Å²) in [7, 11) is 0. The monoisotopic (exact) mass is 243 g/mol. The van der Waals surface area contributed by atoms with E-state index in [2.05, 4.69) is 23.7 Å². The molecule has 0 unspecified atom stereocenters. The van der Waals surface area contributed by atoms with Crippen LogP contribution in [0.1, 0.15) is 16.7 Å². The molecular formula is C14H13NOS. The molecule has 0 N–H and O–H groups in total. The van der Waals surface area contributed by atoms with Gasteiger partial charge in [-0.1, -0.05) is 30.3 Å². The van der Waals surface area contributed by atoms with Gasteiger partial charge in [-0.3, -0.25) is 9.78 Å². The molecule has 2 rings (SSSR count). The highest BCUT2D eigenvalue weighted by Crippen LogP contribution is 2.10. The van der Waals surface area contributed by atoms with E-state index in [1.165, 1.54) is 11.1 Å². The number of rotatable bonds is 4. The number of thiol groups is 1. The predicted octanol–water partition coefficient (Wildman–Crippen LogP) is 2.67. The predicted molar refractivity (Wildman–Crippen MR) is 71.2 cm³/mol. The summed E-state index contributed by atoms with van der Waals surface area (Å²) in [6.07, 6.45) is 4.88. The number of carbonyl (C=O) groups excluding carboxylic acids is 1. The molecule has 0 saturated carbocycles. The zero-order chi connectivity index (χ0) is 12.1. The molecule has 17 heavy (non-hydrogen) atoms. The maximum Gasteiger partial charge on any atom is 0.190 e. The Balaban J connectivity index is 2.06. The largest absolute Gasteiger partial charge is 0.287 e. The summed E-state index contributed by atoms with van der Waals surface area (Å²) in [6.45, 7) is 0. The Hall–Kier alpha value is -1.61. The van der Waals surface area contributed by atoms with Gasteiger partial charge in [-0.2, -0.15) is 0 Å².